The Hall–Kier alpha value is -2.63. The molecule has 2 aromatic carbocycles. The lowest BCUT2D eigenvalue weighted by molar-refractivity contribution is -0.388. The van der Waals surface area contributed by atoms with Crippen molar-refractivity contribution in [3.63, 3.8) is 0 Å². The normalized spacial score (nSPS) is 10.1. The lowest BCUT2D eigenvalue weighted by atomic mass is 10.2. The van der Waals surface area contributed by atoms with Crippen molar-refractivity contribution >= 4 is 11.4 Å². The predicted octanol–water partition coefficient (Wildman–Crippen LogP) is 3.11. The number of nitro groups is 1. The summed E-state index contributed by atoms with van der Waals surface area (Å²) in [4.78, 5) is 9.94. The number of para-hydroxylation sites is 3. The number of nitrogen functional groups attached to an aromatic ring is 1. The van der Waals surface area contributed by atoms with Gasteiger partial charge in [-0.05, 0) is 24.3 Å². The molecule has 0 aliphatic heterocycles. The molecule has 0 atom stereocenters. The molecule has 5 nitrogen and oxygen atoms in total. The van der Waals surface area contributed by atoms with Gasteiger partial charge in [-0.3, -0.25) is 10.1 Å². The number of hydrogen-bond acceptors (Lipinski definition) is 4. The van der Waals surface area contributed by atoms with Gasteiger partial charge in [0.1, 0.15) is 0 Å². The number of hydrogen-bond donors (Lipinski definition) is 1. The molecular weight excluding hydrogens is 239 g/mol. The van der Waals surface area contributed by atoms with E-state index in [1.165, 1.54) is 12.1 Å². The lowest BCUT2D eigenvalue weighted by Gasteiger charge is -2.08. The van der Waals surface area contributed by atoms with Crippen LogP contribution in [-0.2, 0) is 0 Å². The van der Waals surface area contributed by atoms with E-state index in [0.29, 0.717) is 5.69 Å². The molecule has 0 saturated carbocycles. The number of nitrogens with two attached hydrogens (primary N) is 1. The fraction of sp³-hybridized carbons (Fsp3) is 0. The van der Waals surface area contributed by atoms with Gasteiger partial charge >= 0.3 is 5.69 Å². The molecular formula is C12H9FN2O3. The number of anilines is 1. The van der Waals surface area contributed by atoms with E-state index in [1.54, 1.807) is 24.3 Å². The van der Waals surface area contributed by atoms with E-state index in [2.05, 4.69) is 0 Å². The maximum atomic E-state index is 13.4. The summed E-state index contributed by atoms with van der Waals surface area (Å²) < 4.78 is 18.6. The molecule has 0 unspecified atom stereocenters. The Morgan fingerprint density at radius 2 is 1.78 bits per heavy atom. The lowest BCUT2D eigenvalue weighted by Crippen LogP contribution is -1.98. The van der Waals surface area contributed by atoms with E-state index in [9.17, 15) is 14.5 Å². The highest BCUT2D eigenvalue weighted by Gasteiger charge is 2.22. The summed E-state index contributed by atoms with van der Waals surface area (Å²) in [5.74, 6) is -0.892. The molecule has 2 aromatic rings. The fourth-order valence-electron chi connectivity index (χ4n) is 1.45. The van der Waals surface area contributed by atoms with Gasteiger partial charge < -0.3 is 10.5 Å². The summed E-state index contributed by atoms with van der Waals surface area (Å²) >= 11 is 0. The average molecular weight is 248 g/mol. The number of benzene rings is 2. The second-order valence-corrected chi connectivity index (χ2v) is 3.48. The van der Waals surface area contributed by atoms with Crippen LogP contribution >= 0.6 is 0 Å². The molecule has 0 bridgehead atoms. The Morgan fingerprint density at radius 1 is 1.11 bits per heavy atom. The third-order valence-electron chi connectivity index (χ3n) is 2.27. The van der Waals surface area contributed by atoms with Gasteiger partial charge in [-0.1, -0.05) is 18.2 Å². The van der Waals surface area contributed by atoms with Crippen LogP contribution in [-0.4, -0.2) is 4.92 Å². The minimum absolute atomic E-state index is 0.182. The zero-order chi connectivity index (χ0) is 13.1. The third kappa shape index (κ3) is 2.22. The van der Waals surface area contributed by atoms with Crippen LogP contribution in [0.15, 0.2) is 42.5 Å². The minimum atomic E-state index is -0.952. The molecule has 2 rings (SSSR count). The van der Waals surface area contributed by atoms with Crippen molar-refractivity contribution in [2.24, 2.45) is 0 Å². The van der Waals surface area contributed by atoms with Crippen molar-refractivity contribution in [3.8, 4) is 11.5 Å². The van der Waals surface area contributed by atoms with Crippen molar-refractivity contribution in [1.29, 1.82) is 0 Å². The zero-order valence-corrected chi connectivity index (χ0v) is 9.17. The molecule has 0 radical (unpaired) electrons. The van der Waals surface area contributed by atoms with E-state index in [0.717, 1.165) is 6.07 Å². The molecule has 2 N–H and O–H groups in total. The van der Waals surface area contributed by atoms with Crippen LogP contribution in [0.25, 0.3) is 0 Å². The van der Waals surface area contributed by atoms with E-state index < -0.39 is 16.4 Å². The SMILES string of the molecule is Nc1ccccc1Oc1cccc(F)c1[N+](=O)[O-]. The maximum Gasteiger partial charge on any atom is 0.346 e. The first kappa shape index (κ1) is 11.8. The first-order valence-electron chi connectivity index (χ1n) is 5.05. The second-order valence-electron chi connectivity index (χ2n) is 3.48. The molecule has 0 aliphatic rings. The summed E-state index contributed by atoms with van der Waals surface area (Å²) in [5.41, 5.74) is 5.25. The molecule has 0 saturated heterocycles. The Labute approximate surface area is 102 Å². The van der Waals surface area contributed by atoms with Crippen LogP contribution in [0.1, 0.15) is 0 Å². The average Bonchev–Trinajstić information content (AvgIpc) is 2.31. The number of rotatable bonds is 3. The molecule has 0 spiro atoms. The smallest absolute Gasteiger partial charge is 0.346 e. The number of halogens is 1. The van der Waals surface area contributed by atoms with Crippen LogP contribution in [0, 0.1) is 15.9 Å². The van der Waals surface area contributed by atoms with Gasteiger partial charge in [0.2, 0.25) is 11.6 Å². The molecule has 92 valence electrons. The van der Waals surface area contributed by atoms with Gasteiger partial charge in [0.25, 0.3) is 0 Å². The summed E-state index contributed by atoms with van der Waals surface area (Å²) in [7, 11) is 0. The summed E-state index contributed by atoms with van der Waals surface area (Å²) in [5, 5.41) is 10.8. The summed E-state index contributed by atoms with van der Waals surface area (Å²) in [6.45, 7) is 0. The molecule has 0 amide bonds. The monoisotopic (exact) mass is 248 g/mol. The van der Waals surface area contributed by atoms with Crippen molar-refractivity contribution in [2.75, 3.05) is 5.73 Å². The standard InChI is InChI=1S/C12H9FN2O3/c13-8-4-3-7-11(12(8)15(16)17)18-10-6-2-1-5-9(10)14/h1-7H,14H2. The topological polar surface area (TPSA) is 78.4 Å². The Morgan fingerprint density at radius 3 is 2.44 bits per heavy atom. The largest absolute Gasteiger partial charge is 0.448 e. The van der Waals surface area contributed by atoms with Crippen LogP contribution in [0.2, 0.25) is 0 Å². The van der Waals surface area contributed by atoms with Crippen LogP contribution in [0.5, 0.6) is 11.5 Å². The van der Waals surface area contributed by atoms with Crippen molar-refractivity contribution < 1.29 is 14.1 Å². The van der Waals surface area contributed by atoms with Crippen LogP contribution < -0.4 is 10.5 Å². The maximum absolute atomic E-state index is 13.4. The Kier molecular flexibility index (Phi) is 3.09. The van der Waals surface area contributed by atoms with E-state index in [1.807, 2.05) is 0 Å². The Bertz CT molecular complexity index is 602. The highest BCUT2D eigenvalue weighted by Crippen LogP contribution is 2.35. The predicted molar refractivity (Wildman–Crippen MR) is 64.0 cm³/mol. The van der Waals surface area contributed by atoms with Gasteiger partial charge in [0.05, 0.1) is 10.6 Å². The van der Waals surface area contributed by atoms with Gasteiger partial charge in [-0.15, -0.1) is 0 Å². The summed E-state index contributed by atoms with van der Waals surface area (Å²) in [6, 6.07) is 10.1. The van der Waals surface area contributed by atoms with Gasteiger partial charge in [0.15, 0.2) is 5.75 Å². The number of nitro benzene ring substituents is 1. The zero-order valence-electron chi connectivity index (χ0n) is 9.17. The molecule has 0 heterocycles. The molecule has 18 heavy (non-hydrogen) atoms. The quantitative estimate of drug-likeness (QED) is 0.514. The fourth-order valence-corrected chi connectivity index (χ4v) is 1.45. The van der Waals surface area contributed by atoms with Gasteiger partial charge in [-0.2, -0.15) is 4.39 Å². The third-order valence-corrected chi connectivity index (χ3v) is 2.27. The van der Waals surface area contributed by atoms with Crippen molar-refractivity contribution in [2.45, 2.75) is 0 Å². The molecule has 0 aromatic heterocycles. The van der Waals surface area contributed by atoms with Crippen molar-refractivity contribution in [3.05, 3.63) is 58.4 Å². The van der Waals surface area contributed by atoms with Gasteiger partial charge in [0, 0.05) is 0 Å². The molecule has 0 aliphatic carbocycles. The van der Waals surface area contributed by atoms with E-state index >= 15 is 0 Å². The molecule has 0 fully saturated rings. The van der Waals surface area contributed by atoms with Gasteiger partial charge in [-0.25, -0.2) is 0 Å². The van der Waals surface area contributed by atoms with E-state index in [-0.39, 0.29) is 11.5 Å². The molecule has 6 heteroatoms. The first-order valence-corrected chi connectivity index (χ1v) is 5.05. The van der Waals surface area contributed by atoms with Crippen LogP contribution in [0.3, 0.4) is 0 Å². The van der Waals surface area contributed by atoms with E-state index in [4.69, 9.17) is 10.5 Å². The number of nitrogens with zero attached hydrogens (tertiary/aromatic N) is 1. The highest BCUT2D eigenvalue weighted by atomic mass is 19.1. The summed E-state index contributed by atoms with van der Waals surface area (Å²) in [6.07, 6.45) is 0. The number of ether oxygens (including phenoxy) is 1. The minimum Gasteiger partial charge on any atom is -0.448 e. The highest BCUT2D eigenvalue weighted by molar-refractivity contribution is 5.56. The first-order chi connectivity index (χ1) is 8.59. The Balaban J connectivity index is 2.44. The van der Waals surface area contributed by atoms with Crippen LogP contribution in [0.4, 0.5) is 15.8 Å². The van der Waals surface area contributed by atoms with Crippen molar-refractivity contribution in [1.82, 2.24) is 0 Å². The second kappa shape index (κ2) is 4.70.